The number of alkyl halides is 3. The van der Waals surface area contributed by atoms with E-state index in [-0.39, 0.29) is 24.8 Å². The lowest BCUT2D eigenvalue weighted by Crippen LogP contribution is -2.41. The highest BCUT2D eigenvalue weighted by molar-refractivity contribution is 5.82. The summed E-state index contributed by atoms with van der Waals surface area (Å²) in [6.07, 6.45) is -6.60. The maximum Gasteiger partial charge on any atom is 0.416 e. The van der Waals surface area contributed by atoms with E-state index in [0.29, 0.717) is 5.92 Å². The van der Waals surface area contributed by atoms with Gasteiger partial charge in [0.15, 0.2) is 6.10 Å². The van der Waals surface area contributed by atoms with Crippen LogP contribution >= 0.6 is 0 Å². The first-order valence-corrected chi connectivity index (χ1v) is 6.01. The van der Waals surface area contributed by atoms with Crippen LogP contribution in [0, 0.1) is 11.8 Å². The molecule has 8 heteroatoms. The summed E-state index contributed by atoms with van der Waals surface area (Å²) in [6, 6.07) is 0. The van der Waals surface area contributed by atoms with E-state index < -0.39 is 24.7 Å². The van der Waals surface area contributed by atoms with Crippen LogP contribution in [0.15, 0.2) is 0 Å². The van der Waals surface area contributed by atoms with Crippen molar-refractivity contribution in [3.8, 4) is 0 Å². The Morgan fingerprint density at radius 3 is 2.42 bits per heavy atom. The summed E-state index contributed by atoms with van der Waals surface area (Å²) in [7, 11) is 0. The maximum absolute atomic E-state index is 11.9. The summed E-state index contributed by atoms with van der Waals surface area (Å²) in [6.45, 7) is 1.14. The SMILES string of the molecule is CC1CC1C(=O)NCCC(=O)NCC(O)C(F)(F)F. The van der Waals surface area contributed by atoms with Gasteiger partial charge in [0.2, 0.25) is 11.8 Å². The van der Waals surface area contributed by atoms with Crippen molar-refractivity contribution in [1.29, 1.82) is 0 Å². The molecular formula is C11H17F3N2O3. The summed E-state index contributed by atoms with van der Waals surface area (Å²) in [5, 5.41) is 13.1. The number of hydrogen-bond donors (Lipinski definition) is 3. The smallest absolute Gasteiger partial charge is 0.382 e. The van der Waals surface area contributed by atoms with Gasteiger partial charge in [-0.05, 0) is 12.3 Å². The average Bonchev–Trinajstić information content (AvgIpc) is 3.02. The van der Waals surface area contributed by atoms with Gasteiger partial charge in [0, 0.05) is 18.9 Å². The average molecular weight is 282 g/mol. The Balaban J connectivity index is 2.10. The third-order valence-corrected chi connectivity index (χ3v) is 2.97. The van der Waals surface area contributed by atoms with E-state index >= 15 is 0 Å². The molecule has 0 aromatic rings. The van der Waals surface area contributed by atoms with Crippen molar-refractivity contribution < 1.29 is 27.9 Å². The zero-order valence-corrected chi connectivity index (χ0v) is 10.5. The normalized spacial score (nSPS) is 23.6. The van der Waals surface area contributed by atoms with Crippen LogP contribution in [-0.2, 0) is 9.59 Å². The predicted molar refractivity (Wildman–Crippen MR) is 60.0 cm³/mol. The minimum atomic E-state index is -4.75. The standard InChI is InChI=1S/C11H17F3N2O3/c1-6-4-7(6)10(19)15-3-2-9(18)16-5-8(17)11(12,13)14/h6-8,17H,2-5H2,1H3,(H,15,19)(H,16,18). The summed E-state index contributed by atoms with van der Waals surface area (Å²) in [4.78, 5) is 22.5. The van der Waals surface area contributed by atoms with Crippen molar-refractivity contribution in [3.05, 3.63) is 0 Å². The van der Waals surface area contributed by atoms with Crippen LogP contribution in [0.5, 0.6) is 0 Å². The fourth-order valence-corrected chi connectivity index (χ4v) is 1.53. The van der Waals surface area contributed by atoms with Crippen LogP contribution < -0.4 is 10.6 Å². The van der Waals surface area contributed by atoms with E-state index in [1.54, 1.807) is 0 Å². The molecule has 0 bridgehead atoms. The fourth-order valence-electron chi connectivity index (χ4n) is 1.53. The molecule has 0 spiro atoms. The molecule has 0 aliphatic heterocycles. The monoisotopic (exact) mass is 282 g/mol. The minimum absolute atomic E-state index is 0.00453. The summed E-state index contributed by atoms with van der Waals surface area (Å²) < 4.78 is 35.8. The topological polar surface area (TPSA) is 78.4 Å². The maximum atomic E-state index is 11.9. The molecule has 3 N–H and O–H groups in total. The molecular weight excluding hydrogens is 265 g/mol. The number of nitrogens with one attached hydrogen (secondary N) is 2. The van der Waals surface area contributed by atoms with Crippen molar-refractivity contribution in [2.75, 3.05) is 13.1 Å². The molecule has 3 atom stereocenters. The number of halogens is 3. The molecule has 0 heterocycles. The Labute approximate surface area is 108 Å². The quantitative estimate of drug-likeness (QED) is 0.650. The first-order chi connectivity index (χ1) is 8.71. The Morgan fingerprint density at radius 1 is 1.37 bits per heavy atom. The van der Waals surface area contributed by atoms with Gasteiger partial charge in [-0.25, -0.2) is 0 Å². The largest absolute Gasteiger partial charge is 0.416 e. The van der Waals surface area contributed by atoms with Crippen LogP contribution in [0.2, 0.25) is 0 Å². The van der Waals surface area contributed by atoms with E-state index in [2.05, 4.69) is 5.32 Å². The Hall–Kier alpha value is -1.31. The molecule has 0 aromatic heterocycles. The molecule has 2 amide bonds. The number of aliphatic hydroxyl groups excluding tert-OH is 1. The lowest BCUT2D eigenvalue weighted by atomic mass is 10.3. The van der Waals surface area contributed by atoms with Crippen LogP contribution in [0.1, 0.15) is 19.8 Å². The third-order valence-electron chi connectivity index (χ3n) is 2.97. The van der Waals surface area contributed by atoms with Crippen molar-refractivity contribution in [2.45, 2.75) is 32.0 Å². The molecule has 0 radical (unpaired) electrons. The van der Waals surface area contributed by atoms with E-state index in [9.17, 15) is 22.8 Å². The van der Waals surface area contributed by atoms with Gasteiger partial charge in [-0.15, -0.1) is 0 Å². The number of carbonyl (C=O) groups is 2. The Bertz CT molecular complexity index is 347. The van der Waals surface area contributed by atoms with Crippen LogP contribution in [0.4, 0.5) is 13.2 Å². The molecule has 0 saturated heterocycles. The number of rotatable bonds is 6. The van der Waals surface area contributed by atoms with Gasteiger partial charge < -0.3 is 15.7 Å². The van der Waals surface area contributed by atoms with Crippen molar-refractivity contribution in [2.24, 2.45) is 11.8 Å². The zero-order chi connectivity index (χ0) is 14.6. The predicted octanol–water partition coefficient (Wildman–Crippen LogP) is 0.188. The Kier molecular flexibility index (Phi) is 5.16. The van der Waals surface area contributed by atoms with E-state index in [4.69, 9.17) is 5.11 Å². The highest BCUT2D eigenvalue weighted by Crippen LogP contribution is 2.37. The second kappa shape index (κ2) is 6.23. The van der Waals surface area contributed by atoms with Crippen molar-refractivity contribution in [3.63, 3.8) is 0 Å². The minimum Gasteiger partial charge on any atom is -0.382 e. The van der Waals surface area contributed by atoms with Crippen LogP contribution in [-0.4, -0.2) is 42.3 Å². The molecule has 1 saturated carbocycles. The Morgan fingerprint density at radius 2 is 1.95 bits per heavy atom. The second-order valence-corrected chi connectivity index (χ2v) is 4.72. The molecule has 0 aromatic carbocycles. The molecule has 1 aliphatic carbocycles. The van der Waals surface area contributed by atoms with E-state index in [1.165, 1.54) is 0 Å². The fraction of sp³-hybridized carbons (Fsp3) is 0.818. The van der Waals surface area contributed by atoms with Gasteiger partial charge in [-0.1, -0.05) is 6.92 Å². The first-order valence-electron chi connectivity index (χ1n) is 6.01. The summed E-state index contributed by atoms with van der Waals surface area (Å²) in [5.74, 6) is -0.422. The van der Waals surface area contributed by atoms with Gasteiger partial charge in [0.25, 0.3) is 0 Å². The molecule has 5 nitrogen and oxygen atoms in total. The molecule has 19 heavy (non-hydrogen) atoms. The zero-order valence-electron chi connectivity index (χ0n) is 10.5. The molecule has 3 unspecified atom stereocenters. The lowest BCUT2D eigenvalue weighted by Gasteiger charge is -2.15. The van der Waals surface area contributed by atoms with Crippen LogP contribution in [0.3, 0.4) is 0 Å². The van der Waals surface area contributed by atoms with Gasteiger partial charge in [0.05, 0.1) is 6.54 Å². The highest BCUT2D eigenvalue weighted by atomic mass is 19.4. The number of aliphatic hydroxyl groups is 1. The summed E-state index contributed by atoms with van der Waals surface area (Å²) in [5.41, 5.74) is 0. The van der Waals surface area contributed by atoms with Gasteiger partial charge in [-0.2, -0.15) is 13.2 Å². The molecule has 110 valence electrons. The lowest BCUT2D eigenvalue weighted by molar-refractivity contribution is -0.201. The third kappa shape index (κ3) is 5.46. The summed E-state index contributed by atoms with van der Waals surface area (Å²) >= 11 is 0. The van der Waals surface area contributed by atoms with Crippen LogP contribution in [0.25, 0.3) is 0 Å². The highest BCUT2D eigenvalue weighted by Gasteiger charge is 2.39. The number of amides is 2. The first kappa shape index (κ1) is 15.7. The number of carbonyl (C=O) groups excluding carboxylic acids is 2. The molecule has 1 fully saturated rings. The molecule has 1 aliphatic rings. The van der Waals surface area contributed by atoms with Crippen molar-refractivity contribution in [1.82, 2.24) is 10.6 Å². The van der Waals surface area contributed by atoms with E-state index in [0.717, 1.165) is 6.42 Å². The second-order valence-electron chi connectivity index (χ2n) is 4.72. The van der Waals surface area contributed by atoms with Gasteiger partial charge in [-0.3, -0.25) is 9.59 Å². The molecule has 1 rings (SSSR count). The van der Waals surface area contributed by atoms with Gasteiger partial charge >= 0.3 is 6.18 Å². The van der Waals surface area contributed by atoms with E-state index in [1.807, 2.05) is 12.2 Å². The van der Waals surface area contributed by atoms with Crippen molar-refractivity contribution >= 4 is 11.8 Å². The van der Waals surface area contributed by atoms with Gasteiger partial charge in [0.1, 0.15) is 0 Å². The number of hydrogen-bond acceptors (Lipinski definition) is 3.